The first-order chi connectivity index (χ1) is 14.6. The third kappa shape index (κ3) is 3.47. The number of allylic oxidation sites excluding steroid dienone is 2. The summed E-state index contributed by atoms with van der Waals surface area (Å²) >= 11 is 0. The minimum absolute atomic E-state index is 0.0209. The van der Waals surface area contributed by atoms with E-state index in [1.165, 1.54) is 5.56 Å². The Kier molecular flexibility index (Phi) is 5.57. The normalized spacial score (nSPS) is 21.3. The first kappa shape index (κ1) is 20.1. The quantitative estimate of drug-likeness (QED) is 0.666. The van der Waals surface area contributed by atoms with Gasteiger partial charge in [0.2, 0.25) is 11.7 Å². The van der Waals surface area contributed by atoms with Gasteiger partial charge in [0.1, 0.15) is 0 Å². The molecule has 0 fully saturated rings. The Labute approximate surface area is 177 Å². The average molecular weight is 408 g/mol. The Balaban J connectivity index is 1.72. The minimum atomic E-state index is 0.0209. The molecular formula is C24H28N2O4. The first-order valence-corrected chi connectivity index (χ1v) is 10.3. The highest BCUT2D eigenvalue weighted by Crippen LogP contribution is 2.52. The number of hydrogen-bond donors (Lipinski definition) is 2. The molecule has 1 aliphatic carbocycles. The number of carbonyl (C=O) groups excluding carboxylic acids is 1. The predicted molar refractivity (Wildman–Crippen MR) is 118 cm³/mol. The highest BCUT2D eigenvalue weighted by molar-refractivity contribution is 5.91. The SMILES string of the molecule is CCC(=O)Nc1ccc2c(c1)C1C=CCC1C(c1cc(OC)c(OC)c(OC)c1)N2. The van der Waals surface area contributed by atoms with Crippen molar-refractivity contribution in [2.24, 2.45) is 5.92 Å². The molecule has 0 radical (unpaired) electrons. The van der Waals surface area contributed by atoms with E-state index < -0.39 is 0 Å². The molecule has 1 aliphatic heterocycles. The molecule has 158 valence electrons. The first-order valence-electron chi connectivity index (χ1n) is 10.3. The number of carbonyl (C=O) groups is 1. The van der Waals surface area contributed by atoms with Crippen molar-refractivity contribution in [3.8, 4) is 17.2 Å². The molecule has 0 bridgehead atoms. The van der Waals surface area contributed by atoms with E-state index in [-0.39, 0.29) is 17.9 Å². The molecule has 3 unspecified atom stereocenters. The number of methoxy groups -OCH3 is 3. The van der Waals surface area contributed by atoms with E-state index in [9.17, 15) is 4.79 Å². The van der Waals surface area contributed by atoms with Gasteiger partial charge in [-0.05, 0) is 53.8 Å². The van der Waals surface area contributed by atoms with E-state index in [4.69, 9.17) is 14.2 Å². The van der Waals surface area contributed by atoms with Crippen LogP contribution in [0.2, 0.25) is 0 Å². The van der Waals surface area contributed by atoms with E-state index in [0.29, 0.717) is 29.6 Å². The minimum Gasteiger partial charge on any atom is -0.493 e. The number of fused-ring (bicyclic) bond motifs is 3. The zero-order valence-electron chi connectivity index (χ0n) is 17.8. The van der Waals surface area contributed by atoms with Gasteiger partial charge in [-0.3, -0.25) is 4.79 Å². The summed E-state index contributed by atoms with van der Waals surface area (Å²) in [6, 6.07) is 10.2. The van der Waals surface area contributed by atoms with Crippen molar-refractivity contribution in [1.82, 2.24) is 0 Å². The Morgan fingerprint density at radius 1 is 1.10 bits per heavy atom. The Bertz CT molecular complexity index is 960. The van der Waals surface area contributed by atoms with Gasteiger partial charge >= 0.3 is 0 Å². The summed E-state index contributed by atoms with van der Waals surface area (Å²) in [5.74, 6) is 2.56. The van der Waals surface area contributed by atoms with Crippen molar-refractivity contribution in [2.75, 3.05) is 32.0 Å². The molecule has 30 heavy (non-hydrogen) atoms. The van der Waals surface area contributed by atoms with Gasteiger partial charge < -0.3 is 24.8 Å². The molecule has 1 heterocycles. The number of anilines is 2. The Morgan fingerprint density at radius 3 is 2.47 bits per heavy atom. The van der Waals surface area contributed by atoms with Crippen molar-refractivity contribution in [2.45, 2.75) is 31.7 Å². The lowest BCUT2D eigenvalue weighted by Crippen LogP contribution is -2.29. The average Bonchev–Trinajstić information content (AvgIpc) is 3.27. The van der Waals surface area contributed by atoms with E-state index in [1.807, 2.05) is 31.2 Å². The van der Waals surface area contributed by atoms with Crippen molar-refractivity contribution in [1.29, 1.82) is 0 Å². The van der Waals surface area contributed by atoms with Crippen LogP contribution in [0.4, 0.5) is 11.4 Å². The van der Waals surface area contributed by atoms with Crippen molar-refractivity contribution in [3.63, 3.8) is 0 Å². The molecule has 0 aromatic heterocycles. The zero-order chi connectivity index (χ0) is 21.3. The maximum absolute atomic E-state index is 11.8. The summed E-state index contributed by atoms with van der Waals surface area (Å²) in [7, 11) is 4.88. The molecule has 6 heteroatoms. The summed E-state index contributed by atoms with van der Waals surface area (Å²) in [4.78, 5) is 11.8. The third-order valence-electron chi connectivity index (χ3n) is 6.01. The smallest absolute Gasteiger partial charge is 0.224 e. The van der Waals surface area contributed by atoms with Crippen LogP contribution in [-0.2, 0) is 4.79 Å². The molecule has 4 rings (SSSR count). The van der Waals surface area contributed by atoms with Gasteiger partial charge in [0, 0.05) is 23.7 Å². The molecule has 2 N–H and O–H groups in total. The highest BCUT2D eigenvalue weighted by atomic mass is 16.5. The third-order valence-corrected chi connectivity index (χ3v) is 6.01. The summed E-state index contributed by atoms with van der Waals surface area (Å²) in [5, 5.41) is 6.68. The summed E-state index contributed by atoms with van der Waals surface area (Å²) in [5.41, 5.74) is 4.23. The van der Waals surface area contributed by atoms with Crippen molar-refractivity contribution in [3.05, 3.63) is 53.6 Å². The molecule has 0 saturated heterocycles. The molecule has 2 aromatic rings. The van der Waals surface area contributed by atoms with Crippen LogP contribution in [0.25, 0.3) is 0 Å². The molecule has 2 aliphatic rings. The molecule has 0 spiro atoms. The van der Waals surface area contributed by atoms with Gasteiger partial charge in [-0.2, -0.15) is 0 Å². The van der Waals surface area contributed by atoms with E-state index in [2.05, 4.69) is 28.9 Å². The lowest BCUT2D eigenvalue weighted by Gasteiger charge is -2.38. The number of amides is 1. The molecular weight excluding hydrogens is 380 g/mol. The number of ether oxygens (including phenoxy) is 3. The Morgan fingerprint density at radius 2 is 1.83 bits per heavy atom. The van der Waals surface area contributed by atoms with Crippen molar-refractivity contribution >= 4 is 17.3 Å². The molecule has 3 atom stereocenters. The van der Waals surface area contributed by atoms with Crippen LogP contribution < -0.4 is 24.8 Å². The number of hydrogen-bond acceptors (Lipinski definition) is 5. The van der Waals surface area contributed by atoms with Crippen LogP contribution in [0.3, 0.4) is 0 Å². The standard InChI is InChI=1S/C24H28N2O4/c1-5-22(27)25-15-9-10-19-18(13-15)16-7-6-8-17(16)23(26-19)14-11-20(28-2)24(30-4)21(12-14)29-3/h6-7,9-13,16-17,23,26H,5,8H2,1-4H3,(H,25,27). The molecule has 6 nitrogen and oxygen atoms in total. The predicted octanol–water partition coefficient (Wildman–Crippen LogP) is 4.89. The second-order valence-electron chi connectivity index (χ2n) is 7.64. The van der Waals surface area contributed by atoms with Crippen LogP contribution in [0.1, 0.15) is 42.9 Å². The fourth-order valence-electron chi connectivity index (χ4n) is 4.53. The number of nitrogens with one attached hydrogen (secondary N) is 2. The largest absolute Gasteiger partial charge is 0.493 e. The molecule has 2 aromatic carbocycles. The van der Waals surface area contributed by atoms with Gasteiger partial charge in [-0.25, -0.2) is 0 Å². The van der Waals surface area contributed by atoms with Crippen LogP contribution in [0, 0.1) is 5.92 Å². The van der Waals surface area contributed by atoms with Crippen molar-refractivity contribution < 1.29 is 19.0 Å². The van der Waals surface area contributed by atoms with Crippen LogP contribution in [0.15, 0.2) is 42.5 Å². The van der Waals surface area contributed by atoms with Crippen LogP contribution in [0.5, 0.6) is 17.2 Å². The zero-order valence-corrected chi connectivity index (χ0v) is 17.8. The van der Waals surface area contributed by atoms with E-state index in [0.717, 1.165) is 23.4 Å². The van der Waals surface area contributed by atoms with Gasteiger partial charge in [0.25, 0.3) is 0 Å². The second kappa shape index (κ2) is 8.30. The monoisotopic (exact) mass is 408 g/mol. The van der Waals surface area contributed by atoms with Crippen LogP contribution in [-0.4, -0.2) is 27.2 Å². The van der Waals surface area contributed by atoms with E-state index >= 15 is 0 Å². The maximum Gasteiger partial charge on any atom is 0.224 e. The van der Waals surface area contributed by atoms with Gasteiger partial charge in [-0.15, -0.1) is 0 Å². The Hall–Kier alpha value is -3.15. The second-order valence-corrected chi connectivity index (χ2v) is 7.64. The highest BCUT2D eigenvalue weighted by Gasteiger charge is 2.38. The maximum atomic E-state index is 11.8. The lowest BCUT2D eigenvalue weighted by atomic mass is 9.77. The molecule has 1 amide bonds. The fraction of sp³-hybridized carbons (Fsp3) is 0.375. The lowest BCUT2D eigenvalue weighted by molar-refractivity contribution is -0.115. The molecule has 0 saturated carbocycles. The van der Waals surface area contributed by atoms with Gasteiger partial charge in [0.05, 0.1) is 27.4 Å². The topological polar surface area (TPSA) is 68.8 Å². The van der Waals surface area contributed by atoms with E-state index in [1.54, 1.807) is 21.3 Å². The number of benzene rings is 2. The summed E-state index contributed by atoms with van der Waals surface area (Å²) in [6.45, 7) is 1.85. The summed E-state index contributed by atoms with van der Waals surface area (Å²) < 4.78 is 16.6. The fourth-order valence-corrected chi connectivity index (χ4v) is 4.53. The van der Waals surface area contributed by atoms with Gasteiger partial charge in [-0.1, -0.05) is 19.1 Å². The van der Waals surface area contributed by atoms with Gasteiger partial charge in [0.15, 0.2) is 11.5 Å². The van der Waals surface area contributed by atoms with Crippen LogP contribution >= 0.6 is 0 Å². The number of rotatable bonds is 6. The summed E-state index contributed by atoms with van der Waals surface area (Å²) in [6.07, 6.45) is 5.96.